The van der Waals surface area contributed by atoms with Crippen LogP contribution in [-0.2, 0) is 16.8 Å². The molecule has 2 aromatic carbocycles. The molecular weight excluding hydrogens is 337 g/mol. The third-order valence-electron chi connectivity index (χ3n) is 4.16. The molecule has 0 radical (unpaired) electrons. The van der Waals surface area contributed by atoms with Gasteiger partial charge in [0.1, 0.15) is 5.82 Å². The topological polar surface area (TPSA) is 40.1 Å². The zero-order valence-electron chi connectivity index (χ0n) is 12.7. The summed E-state index contributed by atoms with van der Waals surface area (Å²) >= 11 is -2.36. The Kier molecular flexibility index (Phi) is 4.87. The first kappa shape index (κ1) is 16.9. The Labute approximate surface area is 140 Å². The second kappa shape index (κ2) is 6.91. The molecule has 2 aromatic rings. The molecule has 0 saturated carbocycles. The van der Waals surface area contributed by atoms with Gasteiger partial charge in [-0.2, -0.15) is 0 Å². The summed E-state index contributed by atoms with van der Waals surface area (Å²) in [7, 11) is 0. The highest BCUT2D eigenvalue weighted by Crippen LogP contribution is 2.40. The largest absolute Gasteiger partial charge is 0.772 e. The van der Waals surface area contributed by atoms with Crippen molar-refractivity contribution in [2.24, 2.45) is 0 Å². The van der Waals surface area contributed by atoms with Crippen LogP contribution in [0.25, 0.3) is 11.1 Å². The highest BCUT2D eigenvalue weighted by Gasteiger charge is 2.19. The molecule has 0 fully saturated rings. The van der Waals surface area contributed by atoms with E-state index in [9.17, 15) is 21.9 Å². The molecule has 2 nitrogen and oxygen atoms in total. The van der Waals surface area contributed by atoms with E-state index in [1.807, 2.05) is 0 Å². The standard InChI is InChI=1S/C18H15F3O2S/c19-16-7-6-12(9-18(16)21)15-3-1-2-14(15)11-4-5-13(10-24(22)23)17(20)8-11/h4-9H,1-3,10H2,(H,22,23)/p-1. The molecule has 1 aliphatic rings. The van der Waals surface area contributed by atoms with Crippen molar-refractivity contribution in [1.82, 2.24) is 0 Å². The van der Waals surface area contributed by atoms with Gasteiger partial charge in [0.2, 0.25) is 0 Å². The monoisotopic (exact) mass is 351 g/mol. The first-order valence-electron chi connectivity index (χ1n) is 7.48. The van der Waals surface area contributed by atoms with Crippen LogP contribution in [0.4, 0.5) is 13.2 Å². The van der Waals surface area contributed by atoms with Gasteiger partial charge >= 0.3 is 0 Å². The van der Waals surface area contributed by atoms with Crippen molar-refractivity contribution in [3.8, 4) is 0 Å². The molecule has 1 aliphatic carbocycles. The van der Waals surface area contributed by atoms with E-state index < -0.39 is 28.5 Å². The summed E-state index contributed by atoms with van der Waals surface area (Å²) in [5.41, 5.74) is 3.10. The SMILES string of the molecule is O=S([O-])Cc1ccc(C2=C(c3ccc(F)c(F)c3)CCC2)cc1F. The molecule has 1 unspecified atom stereocenters. The van der Waals surface area contributed by atoms with Gasteiger partial charge in [0.15, 0.2) is 11.6 Å². The maximum Gasteiger partial charge on any atom is 0.159 e. The van der Waals surface area contributed by atoms with Gasteiger partial charge in [-0.1, -0.05) is 29.3 Å². The summed E-state index contributed by atoms with van der Waals surface area (Å²) in [4.78, 5) is 0. The predicted molar refractivity (Wildman–Crippen MR) is 86.0 cm³/mol. The van der Waals surface area contributed by atoms with Crippen LogP contribution in [-0.4, -0.2) is 8.76 Å². The van der Waals surface area contributed by atoms with E-state index in [2.05, 4.69) is 0 Å². The normalized spacial score (nSPS) is 15.8. The molecule has 0 heterocycles. The molecule has 0 amide bonds. The van der Waals surface area contributed by atoms with Crippen LogP contribution in [0.1, 0.15) is 36.0 Å². The Morgan fingerprint density at radius 1 is 0.875 bits per heavy atom. The number of halogens is 3. The Morgan fingerprint density at radius 3 is 2.00 bits per heavy atom. The quantitative estimate of drug-likeness (QED) is 0.757. The summed E-state index contributed by atoms with van der Waals surface area (Å²) in [5.74, 6) is -2.77. The van der Waals surface area contributed by atoms with Gasteiger partial charge in [-0.15, -0.1) is 0 Å². The van der Waals surface area contributed by atoms with Gasteiger partial charge in [-0.3, -0.25) is 4.21 Å². The van der Waals surface area contributed by atoms with E-state index in [0.717, 1.165) is 29.7 Å². The van der Waals surface area contributed by atoms with Gasteiger partial charge < -0.3 is 4.55 Å². The molecule has 0 aliphatic heterocycles. The fourth-order valence-corrected chi connectivity index (χ4v) is 3.53. The Morgan fingerprint density at radius 2 is 1.46 bits per heavy atom. The zero-order chi connectivity index (χ0) is 17.3. The number of benzene rings is 2. The van der Waals surface area contributed by atoms with Gasteiger partial charge in [0, 0.05) is 5.75 Å². The molecular formula is C18H14F3O2S-. The third kappa shape index (κ3) is 3.44. The fourth-order valence-electron chi connectivity index (χ4n) is 3.04. The van der Waals surface area contributed by atoms with Gasteiger partial charge in [-0.25, -0.2) is 13.2 Å². The summed E-state index contributed by atoms with van der Waals surface area (Å²) in [6.07, 6.45) is 2.26. The molecule has 6 heteroatoms. The number of allylic oxidation sites excluding steroid dienone is 2. The number of hydrogen-bond acceptors (Lipinski definition) is 2. The van der Waals surface area contributed by atoms with Crippen LogP contribution >= 0.6 is 0 Å². The Hall–Kier alpha value is -1.92. The first-order valence-corrected chi connectivity index (χ1v) is 8.72. The Bertz CT molecular complexity index is 846. The van der Waals surface area contributed by atoms with E-state index in [4.69, 9.17) is 0 Å². The molecule has 1 atom stereocenters. The minimum absolute atomic E-state index is 0.111. The van der Waals surface area contributed by atoms with Crippen LogP contribution in [0.5, 0.6) is 0 Å². The van der Waals surface area contributed by atoms with Crippen molar-refractivity contribution >= 4 is 22.2 Å². The molecule has 3 rings (SSSR count). The van der Waals surface area contributed by atoms with E-state index >= 15 is 0 Å². The lowest BCUT2D eigenvalue weighted by molar-refractivity contribution is 0.508. The minimum Gasteiger partial charge on any atom is -0.772 e. The van der Waals surface area contributed by atoms with E-state index in [1.165, 1.54) is 18.2 Å². The van der Waals surface area contributed by atoms with Crippen molar-refractivity contribution in [2.75, 3.05) is 0 Å². The minimum atomic E-state index is -2.36. The van der Waals surface area contributed by atoms with E-state index in [1.54, 1.807) is 6.07 Å². The molecule has 0 saturated heterocycles. The summed E-state index contributed by atoms with van der Waals surface area (Å²) in [6.45, 7) is 0. The third-order valence-corrected chi connectivity index (χ3v) is 4.71. The molecule has 126 valence electrons. The lowest BCUT2D eigenvalue weighted by Gasteiger charge is -2.11. The molecule has 24 heavy (non-hydrogen) atoms. The Balaban J connectivity index is 2.01. The van der Waals surface area contributed by atoms with E-state index in [0.29, 0.717) is 24.0 Å². The van der Waals surface area contributed by atoms with Crippen molar-refractivity contribution in [1.29, 1.82) is 0 Å². The van der Waals surface area contributed by atoms with Crippen molar-refractivity contribution in [2.45, 2.75) is 25.0 Å². The van der Waals surface area contributed by atoms with Crippen LogP contribution in [0, 0.1) is 17.5 Å². The van der Waals surface area contributed by atoms with Gasteiger partial charge in [0.05, 0.1) is 0 Å². The maximum absolute atomic E-state index is 14.1. The van der Waals surface area contributed by atoms with Crippen molar-refractivity contribution < 1.29 is 21.9 Å². The molecule has 0 spiro atoms. The van der Waals surface area contributed by atoms with Crippen LogP contribution < -0.4 is 0 Å². The first-order chi connectivity index (χ1) is 11.5. The van der Waals surface area contributed by atoms with Crippen molar-refractivity contribution in [3.05, 3.63) is 70.5 Å². The number of hydrogen-bond donors (Lipinski definition) is 0. The highest BCUT2D eigenvalue weighted by atomic mass is 32.2. The molecule has 0 aromatic heterocycles. The fraction of sp³-hybridized carbons (Fsp3) is 0.222. The molecule has 0 bridgehead atoms. The second-order valence-electron chi connectivity index (χ2n) is 5.69. The second-order valence-corrected chi connectivity index (χ2v) is 6.59. The average molecular weight is 351 g/mol. The van der Waals surface area contributed by atoms with Gasteiger partial charge in [0.25, 0.3) is 0 Å². The van der Waals surface area contributed by atoms with Gasteiger partial charge in [-0.05, 0) is 65.3 Å². The zero-order valence-corrected chi connectivity index (χ0v) is 13.5. The lowest BCUT2D eigenvalue weighted by atomic mass is 9.96. The van der Waals surface area contributed by atoms with Crippen LogP contribution in [0.2, 0.25) is 0 Å². The maximum atomic E-state index is 14.1. The summed E-state index contributed by atoms with van der Waals surface area (Å²) in [6, 6.07) is 8.19. The smallest absolute Gasteiger partial charge is 0.159 e. The van der Waals surface area contributed by atoms with Crippen LogP contribution in [0.15, 0.2) is 36.4 Å². The van der Waals surface area contributed by atoms with Crippen molar-refractivity contribution in [3.63, 3.8) is 0 Å². The number of rotatable bonds is 4. The van der Waals surface area contributed by atoms with E-state index in [-0.39, 0.29) is 11.3 Å². The summed E-state index contributed by atoms with van der Waals surface area (Å²) in [5, 5.41) is 0. The predicted octanol–water partition coefficient (Wildman–Crippen LogP) is 4.58. The highest BCUT2D eigenvalue weighted by molar-refractivity contribution is 7.78. The average Bonchev–Trinajstić information content (AvgIpc) is 3.01. The van der Waals surface area contributed by atoms with Crippen LogP contribution in [0.3, 0.4) is 0 Å². The summed E-state index contributed by atoms with van der Waals surface area (Å²) < 4.78 is 62.1. The lowest BCUT2D eigenvalue weighted by Crippen LogP contribution is -1.98. The molecule has 0 N–H and O–H groups in total.